The fourth-order valence-corrected chi connectivity index (χ4v) is 10.2. The van der Waals surface area contributed by atoms with Crippen molar-refractivity contribution in [3.63, 3.8) is 0 Å². The summed E-state index contributed by atoms with van der Waals surface area (Å²) in [5.74, 6) is 1.24. The summed E-state index contributed by atoms with van der Waals surface area (Å²) in [5, 5.41) is 0.602. The van der Waals surface area contributed by atoms with Crippen LogP contribution in [0.15, 0.2) is 42.5 Å². The molecule has 1 amide bonds. The molecule has 3 aromatic rings. The standard InChI is InChI=1S/C29H33NO6Si/c1-17(31)34-25-20-14-19(33-8)15-22-23(20)26(36-37(35-22,28(2,3)4)29(5,6)7)21-16-30(27(32)24(21)25)18-12-10-9-11-13-18/h9-15H,16H2,1-8H3. The van der Waals surface area contributed by atoms with E-state index in [9.17, 15) is 9.59 Å². The Balaban J connectivity index is 1.88. The number of rotatable bonds is 3. The lowest BCUT2D eigenvalue weighted by Gasteiger charge is -2.50. The molecule has 0 N–H and O–H groups in total. The average molecular weight is 520 g/mol. The van der Waals surface area contributed by atoms with Crippen LogP contribution in [-0.2, 0) is 11.3 Å². The van der Waals surface area contributed by atoms with Crippen molar-refractivity contribution < 1.29 is 27.9 Å². The van der Waals surface area contributed by atoms with Crippen LogP contribution in [0.2, 0.25) is 10.1 Å². The summed E-state index contributed by atoms with van der Waals surface area (Å²) in [4.78, 5) is 27.9. The second kappa shape index (κ2) is 8.24. The van der Waals surface area contributed by atoms with E-state index in [0.29, 0.717) is 45.7 Å². The van der Waals surface area contributed by atoms with Gasteiger partial charge in [-0.25, -0.2) is 0 Å². The maximum Gasteiger partial charge on any atom is 0.471 e. The van der Waals surface area contributed by atoms with Gasteiger partial charge in [-0.15, -0.1) is 0 Å². The monoisotopic (exact) mass is 519 g/mol. The molecule has 5 rings (SSSR count). The van der Waals surface area contributed by atoms with Crippen LogP contribution < -0.4 is 23.2 Å². The van der Waals surface area contributed by atoms with Gasteiger partial charge in [0.05, 0.1) is 24.6 Å². The Labute approximate surface area is 218 Å². The van der Waals surface area contributed by atoms with E-state index in [2.05, 4.69) is 41.5 Å². The van der Waals surface area contributed by atoms with Gasteiger partial charge in [0.2, 0.25) is 0 Å². The first kappa shape index (κ1) is 25.1. The molecule has 3 aromatic carbocycles. The van der Waals surface area contributed by atoms with E-state index < -0.39 is 14.5 Å². The second-order valence-electron chi connectivity index (χ2n) is 11.7. The number of nitrogens with zero attached hydrogens (tertiary/aromatic N) is 1. The molecule has 0 saturated heterocycles. The molecule has 0 bridgehead atoms. The normalized spacial score (nSPS) is 16.2. The lowest BCUT2D eigenvalue weighted by Crippen LogP contribution is -2.63. The van der Waals surface area contributed by atoms with Crippen molar-refractivity contribution in [2.75, 3.05) is 12.0 Å². The number of carbonyl (C=O) groups is 2. The molecule has 0 fully saturated rings. The number of para-hydroxylation sites is 1. The molecule has 7 nitrogen and oxygen atoms in total. The first-order valence-electron chi connectivity index (χ1n) is 12.4. The lowest BCUT2D eigenvalue weighted by molar-refractivity contribution is -0.131. The molecule has 0 radical (unpaired) electrons. The summed E-state index contributed by atoms with van der Waals surface area (Å²) >= 11 is 0. The highest BCUT2D eigenvalue weighted by Gasteiger charge is 2.64. The number of hydrogen-bond donors (Lipinski definition) is 0. The molecule has 2 aliphatic heterocycles. The quantitative estimate of drug-likeness (QED) is 0.217. The SMILES string of the molecule is COc1cc2c3c(c4c(c(OC(C)=O)c3c1)C(=O)N(c1ccccc1)C4)O[Si](C(C)(C)C)(C(C)(C)C)O2. The minimum atomic E-state index is -3.06. The third kappa shape index (κ3) is 3.69. The highest BCUT2D eigenvalue weighted by Crippen LogP contribution is 2.60. The Morgan fingerprint density at radius 1 is 1.00 bits per heavy atom. The fraction of sp³-hybridized carbons (Fsp3) is 0.379. The van der Waals surface area contributed by atoms with E-state index in [1.54, 1.807) is 18.1 Å². The molecule has 2 heterocycles. The summed E-state index contributed by atoms with van der Waals surface area (Å²) in [6, 6.07) is 13.1. The van der Waals surface area contributed by atoms with Crippen LogP contribution in [0, 0.1) is 0 Å². The highest BCUT2D eigenvalue weighted by atomic mass is 28.4. The predicted octanol–water partition coefficient (Wildman–Crippen LogP) is 6.75. The van der Waals surface area contributed by atoms with Crippen molar-refractivity contribution in [1.29, 1.82) is 0 Å². The molecule has 2 aliphatic rings. The molecule has 0 spiro atoms. The highest BCUT2D eigenvalue weighted by molar-refractivity contribution is 6.75. The van der Waals surface area contributed by atoms with Gasteiger partial charge in [-0.3, -0.25) is 9.59 Å². The van der Waals surface area contributed by atoms with Gasteiger partial charge in [0.1, 0.15) is 17.2 Å². The number of benzene rings is 3. The number of carbonyl (C=O) groups excluding carboxylic acids is 2. The van der Waals surface area contributed by atoms with Gasteiger partial charge in [0, 0.05) is 39.7 Å². The number of ether oxygens (including phenoxy) is 2. The van der Waals surface area contributed by atoms with Crippen LogP contribution in [0.3, 0.4) is 0 Å². The van der Waals surface area contributed by atoms with Crippen molar-refractivity contribution in [3.8, 4) is 23.0 Å². The Bertz CT molecular complexity index is 1420. The van der Waals surface area contributed by atoms with Gasteiger partial charge < -0.3 is 23.2 Å². The third-order valence-electron chi connectivity index (χ3n) is 7.15. The fourth-order valence-electron chi connectivity index (χ4n) is 5.72. The Morgan fingerprint density at radius 3 is 2.22 bits per heavy atom. The summed E-state index contributed by atoms with van der Waals surface area (Å²) < 4.78 is 25.4. The number of anilines is 1. The van der Waals surface area contributed by atoms with Crippen LogP contribution in [0.1, 0.15) is 64.4 Å². The molecule has 194 valence electrons. The van der Waals surface area contributed by atoms with Crippen LogP contribution in [0.25, 0.3) is 10.8 Å². The van der Waals surface area contributed by atoms with E-state index in [-0.39, 0.29) is 21.7 Å². The molecular weight excluding hydrogens is 486 g/mol. The number of hydrogen-bond acceptors (Lipinski definition) is 6. The zero-order valence-corrected chi connectivity index (χ0v) is 23.6. The first-order valence-corrected chi connectivity index (χ1v) is 14.2. The minimum absolute atomic E-state index is 0.206. The first-order chi connectivity index (χ1) is 17.3. The van der Waals surface area contributed by atoms with Crippen molar-refractivity contribution in [1.82, 2.24) is 0 Å². The Morgan fingerprint density at radius 2 is 1.65 bits per heavy atom. The third-order valence-corrected chi connectivity index (χ3v) is 12.1. The van der Waals surface area contributed by atoms with Crippen molar-refractivity contribution in [2.24, 2.45) is 0 Å². The maximum atomic E-state index is 14.0. The van der Waals surface area contributed by atoms with E-state index in [0.717, 1.165) is 5.69 Å². The van der Waals surface area contributed by atoms with Crippen molar-refractivity contribution in [2.45, 2.75) is 65.1 Å². The van der Waals surface area contributed by atoms with Gasteiger partial charge in [0.25, 0.3) is 5.91 Å². The van der Waals surface area contributed by atoms with Gasteiger partial charge in [-0.1, -0.05) is 59.7 Å². The van der Waals surface area contributed by atoms with Crippen molar-refractivity contribution >= 4 is 36.9 Å². The van der Waals surface area contributed by atoms with Crippen LogP contribution in [0.5, 0.6) is 23.0 Å². The Hall–Kier alpha value is -3.52. The number of amides is 1. The molecule has 0 saturated carbocycles. The molecule has 37 heavy (non-hydrogen) atoms. The number of methoxy groups -OCH3 is 1. The van der Waals surface area contributed by atoms with E-state index in [1.807, 2.05) is 36.4 Å². The lowest BCUT2D eigenvalue weighted by atomic mass is 9.98. The van der Waals surface area contributed by atoms with Gasteiger partial charge >= 0.3 is 14.5 Å². The largest absolute Gasteiger partial charge is 0.510 e. The predicted molar refractivity (Wildman–Crippen MR) is 145 cm³/mol. The summed E-state index contributed by atoms with van der Waals surface area (Å²) in [6.07, 6.45) is 0. The maximum absolute atomic E-state index is 14.0. The van der Waals surface area contributed by atoms with Crippen LogP contribution in [0.4, 0.5) is 5.69 Å². The topological polar surface area (TPSA) is 74.3 Å². The van der Waals surface area contributed by atoms with Gasteiger partial charge in [0.15, 0.2) is 5.75 Å². The van der Waals surface area contributed by atoms with Gasteiger partial charge in [-0.05, 0) is 18.2 Å². The smallest absolute Gasteiger partial charge is 0.471 e. The van der Waals surface area contributed by atoms with Crippen molar-refractivity contribution in [3.05, 3.63) is 53.6 Å². The second-order valence-corrected chi connectivity index (χ2v) is 16.3. The zero-order valence-electron chi connectivity index (χ0n) is 22.6. The number of fused-ring (bicyclic) bond motifs is 2. The Kier molecular flexibility index (Phi) is 5.60. The molecule has 0 aromatic heterocycles. The summed E-state index contributed by atoms with van der Waals surface area (Å²) in [7, 11) is -1.48. The zero-order chi connectivity index (χ0) is 26.9. The minimum Gasteiger partial charge on any atom is -0.510 e. The van der Waals surface area contributed by atoms with E-state index >= 15 is 0 Å². The molecule has 0 atom stereocenters. The van der Waals surface area contributed by atoms with E-state index in [4.69, 9.17) is 18.3 Å². The van der Waals surface area contributed by atoms with E-state index in [1.165, 1.54) is 6.92 Å². The molecule has 0 unspecified atom stereocenters. The summed E-state index contributed by atoms with van der Waals surface area (Å²) in [6.45, 7) is 14.5. The van der Waals surface area contributed by atoms with Gasteiger partial charge in [-0.2, -0.15) is 0 Å². The average Bonchev–Trinajstić information content (AvgIpc) is 3.17. The van der Waals surface area contributed by atoms with Crippen LogP contribution in [-0.4, -0.2) is 27.5 Å². The molecular formula is C29H33NO6Si. The van der Waals surface area contributed by atoms with Crippen LogP contribution >= 0.6 is 0 Å². The molecule has 8 heteroatoms. The summed E-state index contributed by atoms with van der Waals surface area (Å²) in [5.41, 5.74) is 1.81. The molecule has 0 aliphatic carbocycles. The number of esters is 1.